The van der Waals surface area contributed by atoms with E-state index in [2.05, 4.69) is 0 Å². The van der Waals surface area contributed by atoms with Crippen molar-refractivity contribution in [2.75, 3.05) is 0 Å². The molecule has 0 aliphatic heterocycles. The van der Waals surface area contributed by atoms with E-state index in [1.807, 2.05) is 0 Å². The van der Waals surface area contributed by atoms with Crippen LogP contribution < -0.4 is 0 Å². The normalized spacial score (nSPS) is 19.0. The third-order valence-electron chi connectivity index (χ3n) is 3.28. The molecule has 0 fully saturated rings. The molecule has 0 radical (unpaired) electrons. The van der Waals surface area contributed by atoms with Crippen molar-refractivity contribution in [2.24, 2.45) is 0 Å². The monoisotopic (exact) mass is 311 g/mol. The SMILES string of the molecule is O=[N+]([O-])c1cccc(S(=O)(=O)O/C2=C/CCCCCC2)c1. The maximum Gasteiger partial charge on any atom is 0.339 e. The topological polar surface area (TPSA) is 86.5 Å². The molecule has 0 saturated carbocycles. The van der Waals surface area contributed by atoms with Crippen LogP contribution >= 0.6 is 0 Å². The van der Waals surface area contributed by atoms with E-state index in [9.17, 15) is 18.5 Å². The summed E-state index contributed by atoms with van der Waals surface area (Å²) in [6.45, 7) is 0. The summed E-state index contributed by atoms with van der Waals surface area (Å²) in [7, 11) is -4.02. The van der Waals surface area contributed by atoms with Gasteiger partial charge >= 0.3 is 10.1 Å². The molecule has 1 aromatic rings. The van der Waals surface area contributed by atoms with Gasteiger partial charge in [0.05, 0.1) is 4.92 Å². The number of allylic oxidation sites excluding steroid dienone is 2. The summed E-state index contributed by atoms with van der Waals surface area (Å²) in [4.78, 5) is 9.89. The van der Waals surface area contributed by atoms with Gasteiger partial charge in [-0.1, -0.05) is 18.9 Å². The lowest BCUT2D eigenvalue weighted by molar-refractivity contribution is -0.385. The highest BCUT2D eigenvalue weighted by molar-refractivity contribution is 7.86. The number of nitro benzene ring substituents is 1. The van der Waals surface area contributed by atoms with Crippen molar-refractivity contribution in [1.82, 2.24) is 0 Å². The van der Waals surface area contributed by atoms with E-state index >= 15 is 0 Å². The number of benzene rings is 1. The number of nitro groups is 1. The van der Waals surface area contributed by atoms with Gasteiger partial charge in [0.25, 0.3) is 5.69 Å². The van der Waals surface area contributed by atoms with Crippen molar-refractivity contribution >= 4 is 15.8 Å². The van der Waals surface area contributed by atoms with Gasteiger partial charge in [0, 0.05) is 18.6 Å². The summed E-state index contributed by atoms with van der Waals surface area (Å²) < 4.78 is 29.5. The van der Waals surface area contributed by atoms with Crippen LogP contribution in [-0.4, -0.2) is 13.3 Å². The zero-order valence-corrected chi connectivity index (χ0v) is 12.3. The lowest BCUT2D eigenvalue weighted by atomic mass is 10.1. The van der Waals surface area contributed by atoms with Crippen molar-refractivity contribution in [1.29, 1.82) is 0 Å². The molecule has 6 nitrogen and oxygen atoms in total. The van der Waals surface area contributed by atoms with Gasteiger partial charge in [0.2, 0.25) is 0 Å². The Bertz CT molecular complexity index is 651. The van der Waals surface area contributed by atoms with Crippen molar-refractivity contribution in [2.45, 2.75) is 43.4 Å². The maximum atomic E-state index is 12.2. The second-order valence-corrected chi connectivity index (χ2v) is 6.46. The summed E-state index contributed by atoms with van der Waals surface area (Å²) in [6.07, 6.45) is 7.26. The second kappa shape index (κ2) is 6.71. The molecule has 0 N–H and O–H groups in total. The molecule has 0 atom stereocenters. The molecule has 114 valence electrons. The number of hydrogen-bond donors (Lipinski definition) is 0. The number of non-ortho nitro benzene ring substituents is 1. The molecule has 2 rings (SSSR count). The lowest BCUT2D eigenvalue weighted by Gasteiger charge is -2.13. The molecule has 1 aliphatic rings. The van der Waals surface area contributed by atoms with Crippen molar-refractivity contribution in [3.05, 3.63) is 46.2 Å². The Hall–Kier alpha value is -1.89. The fraction of sp³-hybridized carbons (Fsp3) is 0.429. The Morgan fingerprint density at radius 1 is 1.14 bits per heavy atom. The quantitative estimate of drug-likeness (QED) is 0.482. The first-order valence-electron chi connectivity index (χ1n) is 6.87. The van der Waals surface area contributed by atoms with Gasteiger partial charge in [0.1, 0.15) is 10.7 Å². The summed E-state index contributed by atoms with van der Waals surface area (Å²) in [6, 6.07) is 4.89. The van der Waals surface area contributed by atoms with Crippen LogP contribution in [0.1, 0.15) is 38.5 Å². The van der Waals surface area contributed by atoms with Gasteiger partial charge in [-0.05, 0) is 31.4 Å². The smallest absolute Gasteiger partial charge is 0.339 e. The minimum atomic E-state index is -4.02. The molecule has 1 aromatic carbocycles. The molecule has 0 amide bonds. The van der Waals surface area contributed by atoms with Crippen molar-refractivity contribution in [3.63, 3.8) is 0 Å². The Morgan fingerprint density at radius 3 is 2.67 bits per heavy atom. The fourth-order valence-electron chi connectivity index (χ4n) is 2.18. The highest BCUT2D eigenvalue weighted by atomic mass is 32.2. The molecule has 1 aliphatic carbocycles. The van der Waals surface area contributed by atoms with Crippen LogP contribution in [0.3, 0.4) is 0 Å². The fourth-order valence-corrected chi connectivity index (χ4v) is 3.22. The van der Waals surface area contributed by atoms with Crippen molar-refractivity contribution in [3.8, 4) is 0 Å². The Labute approximate surface area is 123 Å². The minimum Gasteiger partial charge on any atom is -0.384 e. The van der Waals surface area contributed by atoms with E-state index in [1.165, 1.54) is 18.2 Å². The number of rotatable bonds is 4. The zero-order valence-electron chi connectivity index (χ0n) is 11.5. The summed E-state index contributed by atoms with van der Waals surface area (Å²) in [5, 5.41) is 10.7. The molecule has 0 aromatic heterocycles. The van der Waals surface area contributed by atoms with Gasteiger partial charge in [-0.15, -0.1) is 0 Å². The highest BCUT2D eigenvalue weighted by Gasteiger charge is 2.21. The van der Waals surface area contributed by atoms with Gasteiger partial charge in [-0.3, -0.25) is 10.1 Å². The Morgan fingerprint density at radius 2 is 1.90 bits per heavy atom. The minimum absolute atomic E-state index is 0.195. The molecule has 0 unspecified atom stereocenters. The van der Waals surface area contributed by atoms with Crippen LogP contribution in [-0.2, 0) is 14.3 Å². The van der Waals surface area contributed by atoms with Crippen molar-refractivity contribution < 1.29 is 17.5 Å². The van der Waals surface area contributed by atoms with Crippen LogP contribution in [0.4, 0.5) is 5.69 Å². The largest absolute Gasteiger partial charge is 0.384 e. The molecule has 0 bridgehead atoms. The third kappa shape index (κ3) is 4.29. The standard InChI is InChI=1S/C14H17NO5S/c16-15(17)12-7-6-10-14(11-12)21(18,19)20-13-8-4-2-1-3-5-9-13/h6-8,10-11H,1-5,9H2/b13-8+. The summed E-state index contributed by atoms with van der Waals surface area (Å²) >= 11 is 0. The van der Waals surface area contributed by atoms with E-state index in [4.69, 9.17) is 4.18 Å². The van der Waals surface area contributed by atoms with E-state index in [0.717, 1.165) is 38.2 Å². The zero-order chi connectivity index (χ0) is 15.3. The van der Waals surface area contributed by atoms with E-state index < -0.39 is 15.0 Å². The predicted octanol–water partition coefficient (Wildman–Crippen LogP) is 3.54. The molecule has 21 heavy (non-hydrogen) atoms. The first-order valence-corrected chi connectivity index (χ1v) is 8.28. The summed E-state index contributed by atoms with van der Waals surface area (Å²) in [5.74, 6) is 0.432. The molecule has 0 saturated heterocycles. The molecule has 0 heterocycles. The first-order chi connectivity index (χ1) is 9.99. The van der Waals surface area contributed by atoms with Gasteiger partial charge < -0.3 is 4.18 Å². The molecular formula is C14H17NO5S. The van der Waals surface area contributed by atoms with Crippen LogP contribution in [0.15, 0.2) is 41.0 Å². The average Bonchev–Trinajstić information content (AvgIpc) is 2.42. The van der Waals surface area contributed by atoms with E-state index in [-0.39, 0.29) is 10.6 Å². The van der Waals surface area contributed by atoms with Crippen LogP contribution in [0, 0.1) is 10.1 Å². The van der Waals surface area contributed by atoms with E-state index in [0.29, 0.717) is 12.2 Å². The molecular weight excluding hydrogens is 294 g/mol. The van der Waals surface area contributed by atoms with E-state index in [1.54, 1.807) is 6.08 Å². The summed E-state index contributed by atoms with van der Waals surface area (Å²) in [5.41, 5.74) is -0.272. The molecule has 7 heteroatoms. The van der Waals surface area contributed by atoms with Gasteiger partial charge in [0.15, 0.2) is 0 Å². The molecule has 0 spiro atoms. The Kier molecular flexibility index (Phi) is 4.95. The number of nitrogens with zero attached hydrogens (tertiary/aromatic N) is 1. The van der Waals surface area contributed by atoms with Crippen LogP contribution in [0.25, 0.3) is 0 Å². The highest BCUT2D eigenvalue weighted by Crippen LogP contribution is 2.24. The number of hydrogen-bond acceptors (Lipinski definition) is 5. The van der Waals surface area contributed by atoms with Gasteiger partial charge in [-0.25, -0.2) is 0 Å². The van der Waals surface area contributed by atoms with Crippen LogP contribution in [0.5, 0.6) is 0 Å². The maximum absolute atomic E-state index is 12.2. The lowest BCUT2D eigenvalue weighted by Crippen LogP contribution is -2.07. The second-order valence-electron chi connectivity index (χ2n) is 4.92. The first kappa shape index (κ1) is 15.5. The Balaban J connectivity index is 2.21. The third-order valence-corrected chi connectivity index (χ3v) is 4.55. The predicted molar refractivity (Wildman–Crippen MR) is 77.2 cm³/mol. The average molecular weight is 311 g/mol. The van der Waals surface area contributed by atoms with Gasteiger partial charge in [-0.2, -0.15) is 8.42 Å². The van der Waals surface area contributed by atoms with Crippen LogP contribution in [0.2, 0.25) is 0 Å².